The Morgan fingerprint density at radius 2 is 2.29 bits per heavy atom. The minimum atomic E-state index is 0.106. The number of urea groups is 1. The monoisotopic (exact) mass is 199 g/mol. The van der Waals surface area contributed by atoms with Crippen molar-refractivity contribution < 1.29 is 4.79 Å². The van der Waals surface area contributed by atoms with Gasteiger partial charge in [-0.3, -0.25) is 0 Å². The minimum absolute atomic E-state index is 0.106. The third kappa shape index (κ3) is 2.38. The summed E-state index contributed by atoms with van der Waals surface area (Å²) in [4.78, 5) is 15.4. The number of nitrogens with two attached hydrogens (primary N) is 1. The lowest BCUT2D eigenvalue weighted by molar-refractivity contribution is 0.136. The third-order valence-corrected chi connectivity index (χ3v) is 3.09. The molecule has 1 rings (SSSR count). The molecule has 0 aromatic carbocycles. The van der Waals surface area contributed by atoms with Gasteiger partial charge in [0, 0.05) is 32.7 Å². The third-order valence-electron chi connectivity index (χ3n) is 3.09. The predicted molar refractivity (Wildman–Crippen MR) is 57.0 cm³/mol. The van der Waals surface area contributed by atoms with Crippen molar-refractivity contribution in [2.75, 3.05) is 26.7 Å². The van der Waals surface area contributed by atoms with E-state index in [0.29, 0.717) is 12.5 Å². The molecule has 2 atom stereocenters. The highest BCUT2D eigenvalue weighted by Crippen LogP contribution is 2.16. The molecule has 0 saturated carbocycles. The second-order valence-corrected chi connectivity index (χ2v) is 4.17. The van der Waals surface area contributed by atoms with Gasteiger partial charge in [0.2, 0.25) is 0 Å². The molecule has 2 unspecified atom stereocenters. The van der Waals surface area contributed by atoms with E-state index in [1.807, 2.05) is 18.9 Å². The molecule has 4 heteroatoms. The topological polar surface area (TPSA) is 49.6 Å². The van der Waals surface area contributed by atoms with E-state index in [1.54, 1.807) is 4.90 Å². The highest BCUT2D eigenvalue weighted by molar-refractivity contribution is 5.74. The molecule has 4 nitrogen and oxygen atoms in total. The van der Waals surface area contributed by atoms with E-state index < -0.39 is 0 Å². The summed E-state index contributed by atoms with van der Waals surface area (Å²) in [6, 6.07) is 0.243. The zero-order valence-electron chi connectivity index (χ0n) is 9.36. The van der Waals surface area contributed by atoms with Gasteiger partial charge in [-0.1, -0.05) is 6.92 Å². The highest BCUT2D eigenvalue weighted by Gasteiger charge is 2.27. The average molecular weight is 199 g/mol. The van der Waals surface area contributed by atoms with Crippen molar-refractivity contribution in [2.45, 2.75) is 26.3 Å². The van der Waals surface area contributed by atoms with Crippen molar-refractivity contribution in [3.8, 4) is 0 Å². The normalized spacial score (nSPS) is 27.6. The maximum atomic E-state index is 11.8. The van der Waals surface area contributed by atoms with Crippen LogP contribution in [0.15, 0.2) is 0 Å². The van der Waals surface area contributed by atoms with Gasteiger partial charge in [-0.2, -0.15) is 0 Å². The molecule has 0 aliphatic carbocycles. The van der Waals surface area contributed by atoms with Gasteiger partial charge in [-0.25, -0.2) is 4.79 Å². The lowest BCUT2D eigenvalue weighted by Gasteiger charge is -2.36. The van der Waals surface area contributed by atoms with Crippen molar-refractivity contribution in [1.29, 1.82) is 0 Å². The van der Waals surface area contributed by atoms with Crippen LogP contribution in [-0.2, 0) is 0 Å². The van der Waals surface area contributed by atoms with E-state index >= 15 is 0 Å². The van der Waals surface area contributed by atoms with E-state index in [2.05, 4.69) is 6.92 Å². The summed E-state index contributed by atoms with van der Waals surface area (Å²) in [5.74, 6) is 0.533. The molecule has 1 saturated heterocycles. The first-order chi connectivity index (χ1) is 6.56. The van der Waals surface area contributed by atoms with Gasteiger partial charge in [0.15, 0.2) is 0 Å². The van der Waals surface area contributed by atoms with Crippen molar-refractivity contribution in [3.05, 3.63) is 0 Å². The van der Waals surface area contributed by atoms with Crippen LogP contribution >= 0.6 is 0 Å². The van der Waals surface area contributed by atoms with Gasteiger partial charge in [0.25, 0.3) is 0 Å². The maximum absolute atomic E-state index is 11.8. The van der Waals surface area contributed by atoms with Crippen LogP contribution in [0.25, 0.3) is 0 Å². The SMILES string of the molecule is CCN(C)C(=O)N1CCC(C)C(N)C1. The molecule has 2 amide bonds. The van der Waals surface area contributed by atoms with Crippen LogP contribution in [-0.4, -0.2) is 48.6 Å². The Bertz CT molecular complexity index is 208. The lowest BCUT2D eigenvalue weighted by Crippen LogP contribution is -2.52. The summed E-state index contributed by atoms with van der Waals surface area (Å²) in [5.41, 5.74) is 5.94. The number of carbonyl (C=O) groups is 1. The van der Waals surface area contributed by atoms with Crippen molar-refractivity contribution in [3.63, 3.8) is 0 Å². The quantitative estimate of drug-likeness (QED) is 0.676. The van der Waals surface area contributed by atoms with Crippen LogP contribution in [0.4, 0.5) is 4.79 Å². The Balaban J connectivity index is 2.50. The molecule has 1 aliphatic rings. The first kappa shape index (κ1) is 11.3. The Morgan fingerprint density at radius 1 is 1.64 bits per heavy atom. The molecular formula is C10H21N3O. The molecule has 1 fully saturated rings. The Kier molecular flexibility index (Phi) is 3.75. The molecule has 0 aromatic rings. The van der Waals surface area contributed by atoms with Crippen molar-refractivity contribution >= 4 is 6.03 Å². The molecule has 0 bridgehead atoms. The summed E-state index contributed by atoms with van der Waals surface area (Å²) in [5, 5.41) is 0. The highest BCUT2D eigenvalue weighted by atomic mass is 16.2. The number of likely N-dealkylation sites (tertiary alicyclic amines) is 1. The van der Waals surface area contributed by atoms with Gasteiger partial charge in [0.1, 0.15) is 0 Å². The zero-order chi connectivity index (χ0) is 10.7. The van der Waals surface area contributed by atoms with Crippen molar-refractivity contribution in [2.24, 2.45) is 11.7 Å². The molecule has 1 aliphatic heterocycles. The smallest absolute Gasteiger partial charge is 0.319 e. The molecule has 0 radical (unpaired) electrons. The van der Waals surface area contributed by atoms with Crippen LogP contribution in [0.5, 0.6) is 0 Å². The fraction of sp³-hybridized carbons (Fsp3) is 0.900. The van der Waals surface area contributed by atoms with E-state index in [0.717, 1.165) is 19.5 Å². The van der Waals surface area contributed by atoms with E-state index in [-0.39, 0.29) is 12.1 Å². The summed E-state index contributed by atoms with van der Waals surface area (Å²) in [7, 11) is 1.83. The van der Waals surface area contributed by atoms with E-state index in [9.17, 15) is 4.79 Å². The molecule has 0 spiro atoms. The molecule has 82 valence electrons. The average Bonchev–Trinajstić information content (AvgIpc) is 2.20. The second-order valence-electron chi connectivity index (χ2n) is 4.17. The lowest BCUT2D eigenvalue weighted by atomic mass is 9.94. The van der Waals surface area contributed by atoms with Crippen molar-refractivity contribution in [1.82, 2.24) is 9.80 Å². The van der Waals surface area contributed by atoms with Gasteiger partial charge in [-0.15, -0.1) is 0 Å². The largest absolute Gasteiger partial charge is 0.328 e. The molecule has 1 heterocycles. The molecule has 2 N–H and O–H groups in total. The van der Waals surface area contributed by atoms with E-state index in [1.165, 1.54) is 0 Å². The molecule has 0 aromatic heterocycles. The number of hydrogen-bond acceptors (Lipinski definition) is 2. The first-order valence-electron chi connectivity index (χ1n) is 5.31. The Hall–Kier alpha value is -0.770. The standard InChI is InChI=1S/C10H21N3O/c1-4-12(3)10(14)13-6-5-8(2)9(11)7-13/h8-9H,4-7,11H2,1-3H3. The van der Waals surface area contributed by atoms with Gasteiger partial charge in [-0.05, 0) is 19.3 Å². The molecular weight excluding hydrogens is 178 g/mol. The fourth-order valence-electron chi connectivity index (χ4n) is 1.65. The molecule has 14 heavy (non-hydrogen) atoms. The predicted octanol–water partition coefficient (Wildman–Crippen LogP) is 0.727. The Morgan fingerprint density at radius 3 is 2.79 bits per heavy atom. The fourth-order valence-corrected chi connectivity index (χ4v) is 1.65. The summed E-state index contributed by atoms with van der Waals surface area (Å²) >= 11 is 0. The van der Waals surface area contributed by atoms with Crippen LogP contribution in [0.3, 0.4) is 0 Å². The number of carbonyl (C=O) groups excluding carboxylic acids is 1. The van der Waals surface area contributed by atoms with E-state index in [4.69, 9.17) is 5.73 Å². The van der Waals surface area contributed by atoms with Crippen LogP contribution in [0.2, 0.25) is 0 Å². The van der Waals surface area contributed by atoms with Gasteiger partial charge in [0.05, 0.1) is 0 Å². The number of hydrogen-bond donors (Lipinski definition) is 1. The number of nitrogens with zero attached hydrogens (tertiary/aromatic N) is 2. The maximum Gasteiger partial charge on any atom is 0.319 e. The van der Waals surface area contributed by atoms with Gasteiger partial charge < -0.3 is 15.5 Å². The Labute approximate surface area is 86.0 Å². The zero-order valence-corrected chi connectivity index (χ0v) is 9.36. The summed E-state index contributed by atoms with van der Waals surface area (Å²) < 4.78 is 0. The number of amides is 2. The summed E-state index contributed by atoms with van der Waals surface area (Å²) in [6.07, 6.45) is 1.02. The van der Waals surface area contributed by atoms with Crippen LogP contribution in [0, 0.1) is 5.92 Å². The number of rotatable bonds is 1. The van der Waals surface area contributed by atoms with Crippen LogP contribution in [0.1, 0.15) is 20.3 Å². The minimum Gasteiger partial charge on any atom is -0.328 e. The summed E-state index contributed by atoms with van der Waals surface area (Å²) in [6.45, 7) is 6.42. The van der Waals surface area contributed by atoms with Gasteiger partial charge >= 0.3 is 6.03 Å². The number of piperidine rings is 1. The second kappa shape index (κ2) is 4.64. The first-order valence-corrected chi connectivity index (χ1v) is 5.31. The van der Waals surface area contributed by atoms with Crippen LogP contribution < -0.4 is 5.73 Å².